The summed E-state index contributed by atoms with van der Waals surface area (Å²) in [6.45, 7) is 0. The number of carbonyl (C=O) groups is 1. The van der Waals surface area contributed by atoms with Crippen molar-refractivity contribution in [3.8, 4) is 11.5 Å². The number of halogens is 1. The molecule has 5 nitrogen and oxygen atoms in total. The zero-order chi connectivity index (χ0) is 15.1. The normalized spacial score (nSPS) is 11.8. The van der Waals surface area contributed by atoms with Gasteiger partial charge in [-0.15, -0.1) is 0 Å². The topological polar surface area (TPSA) is 73.6 Å². The first-order valence-electron chi connectivity index (χ1n) is 6.00. The number of amides is 1. The van der Waals surface area contributed by atoms with Gasteiger partial charge < -0.3 is 20.5 Å². The van der Waals surface area contributed by atoms with E-state index in [1.54, 1.807) is 11.8 Å². The summed E-state index contributed by atoms with van der Waals surface area (Å²) in [7, 11) is 2.85. The Morgan fingerprint density at radius 2 is 2.00 bits per heavy atom. The SMILES string of the molecule is COc1cc(F)c(NC(=O)[C@@H](N)CCSC)cc1OC. The van der Waals surface area contributed by atoms with Crippen LogP contribution in [0.25, 0.3) is 0 Å². The van der Waals surface area contributed by atoms with Crippen LogP contribution < -0.4 is 20.5 Å². The highest BCUT2D eigenvalue weighted by Crippen LogP contribution is 2.32. The molecule has 1 atom stereocenters. The molecule has 0 saturated heterocycles. The molecule has 3 N–H and O–H groups in total. The second kappa shape index (κ2) is 7.96. The lowest BCUT2D eigenvalue weighted by Crippen LogP contribution is -2.36. The second-order valence-corrected chi connectivity index (χ2v) is 5.05. The Kier molecular flexibility index (Phi) is 6.60. The van der Waals surface area contributed by atoms with Gasteiger partial charge in [0.1, 0.15) is 0 Å². The first-order chi connectivity index (χ1) is 9.53. The highest BCUT2D eigenvalue weighted by atomic mass is 32.2. The van der Waals surface area contributed by atoms with Gasteiger partial charge in [0, 0.05) is 12.1 Å². The molecule has 0 aliphatic rings. The molecule has 0 heterocycles. The van der Waals surface area contributed by atoms with Crippen LogP contribution in [0.15, 0.2) is 12.1 Å². The molecule has 0 aliphatic carbocycles. The number of hydrogen-bond donors (Lipinski definition) is 2. The summed E-state index contributed by atoms with van der Waals surface area (Å²) in [4.78, 5) is 11.8. The molecular weight excluding hydrogens is 283 g/mol. The van der Waals surface area contributed by atoms with Crippen LogP contribution in [0.3, 0.4) is 0 Å². The van der Waals surface area contributed by atoms with Gasteiger partial charge in [-0.2, -0.15) is 11.8 Å². The number of ether oxygens (including phenoxy) is 2. The maximum absolute atomic E-state index is 13.8. The van der Waals surface area contributed by atoms with Crippen molar-refractivity contribution in [2.24, 2.45) is 5.73 Å². The van der Waals surface area contributed by atoms with E-state index in [0.717, 1.165) is 11.8 Å². The fourth-order valence-electron chi connectivity index (χ4n) is 1.55. The maximum Gasteiger partial charge on any atom is 0.241 e. The molecule has 112 valence electrons. The van der Waals surface area contributed by atoms with Crippen molar-refractivity contribution in [3.05, 3.63) is 17.9 Å². The number of nitrogens with one attached hydrogen (secondary N) is 1. The van der Waals surface area contributed by atoms with E-state index in [-0.39, 0.29) is 11.4 Å². The fraction of sp³-hybridized carbons (Fsp3) is 0.462. The van der Waals surface area contributed by atoms with Crippen molar-refractivity contribution in [3.63, 3.8) is 0 Å². The van der Waals surface area contributed by atoms with E-state index in [9.17, 15) is 9.18 Å². The molecule has 0 radical (unpaired) electrons. The Hall–Kier alpha value is -1.47. The molecule has 0 bridgehead atoms. The van der Waals surface area contributed by atoms with E-state index in [1.165, 1.54) is 20.3 Å². The number of benzene rings is 1. The van der Waals surface area contributed by atoms with Crippen molar-refractivity contribution in [2.75, 3.05) is 31.5 Å². The van der Waals surface area contributed by atoms with Crippen LogP contribution >= 0.6 is 11.8 Å². The van der Waals surface area contributed by atoms with Gasteiger partial charge in [-0.05, 0) is 18.4 Å². The minimum absolute atomic E-state index is 0.0206. The molecule has 0 aliphatic heterocycles. The lowest BCUT2D eigenvalue weighted by Gasteiger charge is -2.14. The summed E-state index contributed by atoms with van der Waals surface area (Å²) in [6, 6.07) is 1.85. The number of nitrogens with two attached hydrogens (primary N) is 1. The van der Waals surface area contributed by atoms with Crippen molar-refractivity contribution < 1.29 is 18.7 Å². The summed E-state index contributed by atoms with van der Waals surface area (Å²) in [6.07, 6.45) is 2.46. The molecule has 1 aromatic rings. The fourth-order valence-corrected chi connectivity index (χ4v) is 2.04. The third kappa shape index (κ3) is 4.28. The number of methoxy groups -OCH3 is 2. The largest absolute Gasteiger partial charge is 0.493 e. The van der Waals surface area contributed by atoms with E-state index in [0.29, 0.717) is 12.2 Å². The predicted octanol–water partition coefficient (Wildman–Crippen LogP) is 1.86. The minimum Gasteiger partial charge on any atom is -0.493 e. The number of anilines is 1. The lowest BCUT2D eigenvalue weighted by molar-refractivity contribution is -0.117. The Bertz CT molecular complexity index is 471. The van der Waals surface area contributed by atoms with Crippen LogP contribution in [0.4, 0.5) is 10.1 Å². The Morgan fingerprint density at radius 3 is 2.55 bits per heavy atom. The van der Waals surface area contributed by atoms with Gasteiger partial charge in [-0.25, -0.2) is 4.39 Å². The lowest BCUT2D eigenvalue weighted by atomic mass is 10.2. The van der Waals surface area contributed by atoms with Crippen molar-refractivity contribution in [2.45, 2.75) is 12.5 Å². The quantitative estimate of drug-likeness (QED) is 0.804. The van der Waals surface area contributed by atoms with Crippen molar-refractivity contribution >= 4 is 23.4 Å². The maximum atomic E-state index is 13.8. The second-order valence-electron chi connectivity index (χ2n) is 4.06. The first kappa shape index (κ1) is 16.6. The minimum atomic E-state index is -0.671. The number of hydrogen-bond acceptors (Lipinski definition) is 5. The molecule has 20 heavy (non-hydrogen) atoms. The molecule has 0 unspecified atom stereocenters. The van der Waals surface area contributed by atoms with Crippen LogP contribution in [0.5, 0.6) is 11.5 Å². The molecule has 1 amide bonds. The van der Waals surface area contributed by atoms with E-state index < -0.39 is 17.8 Å². The van der Waals surface area contributed by atoms with Crippen LogP contribution in [0.1, 0.15) is 6.42 Å². The summed E-state index contributed by atoms with van der Waals surface area (Å²) in [5.41, 5.74) is 5.74. The average Bonchev–Trinajstić information content (AvgIpc) is 2.45. The Morgan fingerprint density at radius 1 is 1.40 bits per heavy atom. The predicted molar refractivity (Wildman–Crippen MR) is 79.1 cm³/mol. The van der Waals surface area contributed by atoms with Gasteiger partial charge in [0.05, 0.1) is 25.9 Å². The molecule has 0 spiro atoms. The highest BCUT2D eigenvalue weighted by Gasteiger charge is 2.17. The smallest absolute Gasteiger partial charge is 0.241 e. The van der Waals surface area contributed by atoms with Gasteiger partial charge in [-0.1, -0.05) is 0 Å². The van der Waals surface area contributed by atoms with E-state index in [4.69, 9.17) is 15.2 Å². The molecule has 0 aromatic heterocycles. The van der Waals surface area contributed by atoms with Crippen molar-refractivity contribution in [1.82, 2.24) is 0 Å². The van der Waals surface area contributed by atoms with Gasteiger partial charge in [0.25, 0.3) is 0 Å². The van der Waals surface area contributed by atoms with Gasteiger partial charge in [0.2, 0.25) is 5.91 Å². The number of rotatable bonds is 7. The monoisotopic (exact) mass is 302 g/mol. The average molecular weight is 302 g/mol. The van der Waals surface area contributed by atoms with Gasteiger partial charge >= 0.3 is 0 Å². The van der Waals surface area contributed by atoms with Crippen molar-refractivity contribution in [1.29, 1.82) is 0 Å². The van der Waals surface area contributed by atoms with Crippen LogP contribution in [-0.2, 0) is 4.79 Å². The van der Waals surface area contributed by atoms with E-state index >= 15 is 0 Å². The molecule has 0 saturated carbocycles. The van der Waals surface area contributed by atoms with Crippen LogP contribution in [0.2, 0.25) is 0 Å². The zero-order valence-electron chi connectivity index (χ0n) is 11.7. The summed E-state index contributed by atoms with van der Waals surface area (Å²) >= 11 is 1.60. The molecular formula is C13H19FN2O3S. The van der Waals surface area contributed by atoms with E-state index in [1.807, 2.05) is 6.26 Å². The Balaban J connectivity index is 2.84. The highest BCUT2D eigenvalue weighted by molar-refractivity contribution is 7.98. The zero-order valence-corrected chi connectivity index (χ0v) is 12.6. The number of carbonyl (C=O) groups excluding carboxylic acids is 1. The standard InChI is InChI=1S/C13H19FN2O3S/c1-18-11-6-8(14)10(7-12(11)19-2)16-13(17)9(15)4-5-20-3/h6-7,9H,4-5,15H2,1-3H3,(H,16,17)/t9-/m0/s1. The summed E-state index contributed by atoms with van der Waals surface area (Å²) in [5, 5.41) is 2.46. The molecule has 1 aromatic carbocycles. The Labute approximate surface area is 122 Å². The summed E-state index contributed by atoms with van der Waals surface area (Å²) < 4.78 is 23.9. The molecule has 7 heteroatoms. The molecule has 1 rings (SSSR count). The third-order valence-electron chi connectivity index (χ3n) is 2.70. The summed E-state index contributed by atoms with van der Waals surface area (Å²) in [5.74, 6) is 0.331. The van der Waals surface area contributed by atoms with E-state index in [2.05, 4.69) is 5.32 Å². The van der Waals surface area contributed by atoms with Crippen LogP contribution in [-0.4, -0.2) is 38.2 Å². The van der Waals surface area contributed by atoms with Gasteiger partial charge in [-0.3, -0.25) is 4.79 Å². The molecule has 0 fully saturated rings. The third-order valence-corrected chi connectivity index (χ3v) is 3.34. The van der Waals surface area contributed by atoms with Gasteiger partial charge in [0.15, 0.2) is 17.3 Å². The number of thioether (sulfide) groups is 1. The van der Waals surface area contributed by atoms with Crippen LogP contribution in [0, 0.1) is 5.82 Å². The first-order valence-corrected chi connectivity index (χ1v) is 7.39.